The number of amidine groups is 1. The first kappa shape index (κ1) is 19.6. The lowest BCUT2D eigenvalue weighted by molar-refractivity contribution is -0.126. The average molecular weight is 446 g/mol. The predicted molar refractivity (Wildman–Crippen MR) is 115 cm³/mol. The van der Waals surface area contributed by atoms with E-state index in [0.29, 0.717) is 17.5 Å². The number of halogens is 1. The molecule has 1 aliphatic heterocycles. The van der Waals surface area contributed by atoms with Gasteiger partial charge in [-0.2, -0.15) is 5.10 Å². The summed E-state index contributed by atoms with van der Waals surface area (Å²) in [6, 6.07) is 13.7. The molecule has 0 radical (unpaired) electrons. The molecule has 0 saturated carbocycles. The average Bonchev–Trinajstić information content (AvgIpc) is 2.91. The number of hydrogen-bond donors (Lipinski definition) is 0. The summed E-state index contributed by atoms with van der Waals surface area (Å²) in [6.07, 6.45) is 1.64. The number of carbonyl (C=O) groups excluding carboxylic acids is 1. The summed E-state index contributed by atoms with van der Waals surface area (Å²) >= 11 is 4.87. The maximum atomic E-state index is 12.6. The number of thioether (sulfide) groups is 1. The molecule has 0 spiro atoms. The highest BCUT2D eigenvalue weighted by molar-refractivity contribution is 9.10. The highest BCUT2D eigenvalue weighted by atomic mass is 79.9. The van der Waals surface area contributed by atoms with Gasteiger partial charge < -0.3 is 4.74 Å². The number of hydrogen-bond acceptors (Lipinski definition) is 5. The monoisotopic (exact) mass is 445 g/mol. The van der Waals surface area contributed by atoms with Gasteiger partial charge in [0.1, 0.15) is 5.75 Å². The summed E-state index contributed by atoms with van der Waals surface area (Å²) in [7, 11) is 1.61. The minimum absolute atomic E-state index is 0.0530. The summed E-state index contributed by atoms with van der Waals surface area (Å²) in [5, 5.41) is 8.97. The van der Waals surface area contributed by atoms with E-state index in [-0.39, 0.29) is 11.2 Å². The molecule has 1 heterocycles. The molecule has 1 saturated heterocycles. The lowest BCUT2D eigenvalue weighted by Gasteiger charge is -2.16. The number of aryl methyl sites for hydroxylation is 1. The standard InChI is InChI=1S/C20H20BrN3O2S/c1-13-6-4-5-7-15(13)12-24-19(25)14(2)27-20(24)23-22-11-16-10-17(21)8-9-18(16)26-3/h4-11,14H,12H2,1-3H3. The second-order valence-corrected chi connectivity index (χ2v) is 8.35. The Bertz CT molecular complexity index is 914. The van der Waals surface area contributed by atoms with Crippen molar-refractivity contribution in [3.05, 3.63) is 63.6 Å². The van der Waals surface area contributed by atoms with Crippen LogP contribution in [-0.4, -0.2) is 34.5 Å². The summed E-state index contributed by atoms with van der Waals surface area (Å²) in [6.45, 7) is 4.43. The fourth-order valence-electron chi connectivity index (χ4n) is 2.71. The van der Waals surface area contributed by atoms with Crippen LogP contribution in [-0.2, 0) is 11.3 Å². The highest BCUT2D eigenvalue weighted by Gasteiger charge is 2.35. The van der Waals surface area contributed by atoms with Gasteiger partial charge in [-0.1, -0.05) is 52.0 Å². The van der Waals surface area contributed by atoms with Crippen molar-refractivity contribution in [1.29, 1.82) is 0 Å². The largest absolute Gasteiger partial charge is 0.496 e. The molecule has 7 heteroatoms. The summed E-state index contributed by atoms with van der Waals surface area (Å²) < 4.78 is 6.27. The second kappa shape index (κ2) is 8.71. The van der Waals surface area contributed by atoms with E-state index in [1.54, 1.807) is 18.2 Å². The van der Waals surface area contributed by atoms with E-state index >= 15 is 0 Å². The number of nitrogens with zero attached hydrogens (tertiary/aromatic N) is 3. The molecule has 1 fully saturated rings. The SMILES string of the molecule is COc1ccc(Br)cc1C=NN=C1SC(C)C(=O)N1Cc1ccccc1C. The van der Waals surface area contributed by atoms with Crippen LogP contribution in [0.2, 0.25) is 0 Å². The number of ether oxygens (including phenoxy) is 1. The van der Waals surface area contributed by atoms with Gasteiger partial charge in [0.05, 0.1) is 25.1 Å². The first-order valence-electron chi connectivity index (χ1n) is 8.46. The van der Waals surface area contributed by atoms with E-state index in [0.717, 1.165) is 21.2 Å². The van der Waals surface area contributed by atoms with Crippen LogP contribution in [0.25, 0.3) is 0 Å². The van der Waals surface area contributed by atoms with E-state index in [1.807, 2.05) is 56.3 Å². The van der Waals surface area contributed by atoms with Gasteiger partial charge in [0.25, 0.3) is 0 Å². The Labute approximate surface area is 171 Å². The third kappa shape index (κ3) is 4.59. The number of methoxy groups -OCH3 is 1. The maximum Gasteiger partial charge on any atom is 0.242 e. The van der Waals surface area contributed by atoms with E-state index < -0.39 is 0 Å². The minimum Gasteiger partial charge on any atom is -0.496 e. The van der Waals surface area contributed by atoms with E-state index in [1.165, 1.54) is 11.8 Å². The molecule has 1 aliphatic rings. The Balaban J connectivity index is 1.84. The van der Waals surface area contributed by atoms with Crippen LogP contribution in [0.4, 0.5) is 0 Å². The minimum atomic E-state index is -0.164. The van der Waals surface area contributed by atoms with Crippen molar-refractivity contribution < 1.29 is 9.53 Å². The first-order valence-corrected chi connectivity index (χ1v) is 10.1. The van der Waals surface area contributed by atoms with Gasteiger partial charge in [0.2, 0.25) is 5.91 Å². The molecule has 1 atom stereocenters. The molecular formula is C20H20BrN3O2S. The van der Waals surface area contributed by atoms with Gasteiger partial charge in [0, 0.05) is 10.0 Å². The predicted octanol–water partition coefficient (Wildman–Crippen LogP) is 4.62. The lowest BCUT2D eigenvalue weighted by Crippen LogP contribution is -2.31. The molecule has 3 rings (SSSR count). The Hall–Kier alpha value is -2.12. The maximum absolute atomic E-state index is 12.6. The zero-order valence-corrected chi connectivity index (χ0v) is 17.8. The van der Waals surface area contributed by atoms with Crippen LogP contribution in [0.1, 0.15) is 23.6 Å². The van der Waals surface area contributed by atoms with Gasteiger partial charge in [-0.25, -0.2) is 0 Å². The molecule has 5 nitrogen and oxygen atoms in total. The molecular weight excluding hydrogens is 426 g/mol. The molecule has 0 aromatic heterocycles. The zero-order chi connectivity index (χ0) is 19.4. The fourth-order valence-corrected chi connectivity index (χ4v) is 4.01. The topological polar surface area (TPSA) is 54.3 Å². The first-order chi connectivity index (χ1) is 13.0. The van der Waals surface area contributed by atoms with Crippen LogP contribution in [0, 0.1) is 6.92 Å². The third-order valence-corrected chi connectivity index (χ3v) is 5.81. The Morgan fingerprint density at radius 1 is 1.30 bits per heavy atom. The molecule has 1 unspecified atom stereocenters. The quantitative estimate of drug-likeness (QED) is 0.498. The fraction of sp³-hybridized carbons (Fsp3) is 0.250. The van der Waals surface area contributed by atoms with E-state index in [4.69, 9.17) is 4.74 Å². The van der Waals surface area contributed by atoms with Crippen molar-refractivity contribution in [2.75, 3.05) is 7.11 Å². The van der Waals surface area contributed by atoms with Crippen molar-refractivity contribution in [1.82, 2.24) is 4.90 Å². The number of benzene rings is 2. The highest BCUT2D eigenvalue weighted by Crippen LogP contribution is 2.29. The van der Waals surface area contributed by atoms with Crippen LogP contribution in [0.3, 0.4) is 0 Å². The second-order valence-electron chi connectivity index (χ2n) is 6.12. The normalized spacial score (nSPS) is 18.7. The molecule has 2 aromatic carbocycles. The Kier molecular flexibility index (Phi) is 6.34. The van der Waals surface area contributed by atoms with Crippen LogP contribution >= 0.6 is 27.7 Å². The van der Waals surface area contributed by atoms with Crippen molar-refractivity contribution >= 4 is 45.0 Å². The van der Waals surface area contributed by atoms with Crippen molar-refractivity contribution in [3.8, 4) is 5.75 Å². The van der Waals surface area contributed by atoms with Crippen LogP contribution in [0.15, 0.2) is 57.1 Å². The number of amides is 1. The molecule has 2 aromatic rings. The zero-order valence-electron chi connectivity index (χ0n) is 15.3. The number of carbonyl (C=O) groups is 1. The van der Waals surface area contributed by atoms with Gasteiger partial charge in [-0.15, -0.1) is 5.10 Å². The molecule has 0 bridgehead atoms. The lowest BCUT2D eigenvalue weighted by atomic mass is 10.1. The van der Waals surface area contributed by atoms with Crippen molar-refractivity contribution in [3.63, 3.8) is 0 Å². The molecule has 0 aliphatic carbocycles. The van der Waals surface area contributed by atoms with E-state index in [9.17, 15) is 4.79 Å². The smallest absolute Gasteiger partial charge is 0.242 e. The van der Waals surface area contributed by atoms with Gasteiger partial charge in [0.15, 0.2) is 5.17 Å². The van der Waals surface area contributed by atoms with E-state index in [2.05, 4.69) is 26.1 Å². The third-order valence-electron chi connectivity index (χ3n) is 4.25. The Morgan fingerprint density at radius 2 is 2.07 bits per heavy atom. The van der Waals surface area contributed by atoms with Crippen LogP contribution in [0.5, 0.6) is 5.75 Å². The Morgan fingerprint density at radius 3 is 2.81 bits per heavy atom. The molecule has 1 amide bonds. The van der Waals surface area contributed by atoms with Crippen LogP contribution < -0.4 is 4.74 Å². The van der Waals surface area contributed by atoms with Gasteiger partial charge >= 0.3 is 0 Å². The summed E-state index contributed by atoms with van der Waals surface area (Å²) in [5.74, 6) is 0.764. The molecule has 140 valence electrons. The summed E-state index contributed by atoms with van der Waals surface area (Å²) in [4.78, 5) is 14.3. The number of rotatable bonds is 5. The van der Waals surface area contributed by atoms with Crippen molar-refractivity contribution in [2.45, 2.75) is 25.6 Å². The van der Waals surface area contributed by atoms with Crippen molar-refractivity contribution in [2.24, 2.45) is 10.2 Å². The van der Waals surface area contributed by atoms with Gasteiger partial charge in [-0.05, 0) is 43.2 Å². The molecule has 0 N–H and O–H groups in total. The summed E-state index contributed by atoms with van der Waals surface area (Å²) in [5.41, 5.74) is 3.06. The molecule has 27 heavy (non-hydrogen) atoms. The van der Waals surface area contributed by atoms with Gasteiger partial charge in [-0.3, -0.25) is 9.69 Å².